The zero-order valence-corrected chi connectivity index (χ0v) is 34.4. The van der Waals surface area contributed by atoms with Gasteiger partial charge in [0, 0.05) is 13.2 Å². The van der Waals surface area contributed by atoms with E-state index in [9.17, 15) is 4.79 Å². The lowest BCUT2D eigenvalue weighted by molar-refractivity contribution is -0.822. The van der Waals surface area contributed by atoms with Crippen LogP contribution in [-0.4, -0.2) is 58.0 Å². The number of nitrogens with one attached hydrogen (secondary N) is 1. The summed E-state index contributed by atoms with van der Waals surface area (Å²) < 4.78 is 11.9. The van der Waals surface area contributed by atoms with Crippen molar-refractivity contribution >= 4 is 5.91 Å². The van der Waals surface area contributed by atoms with Gasteiger partial charge in [0.2, 0.25) is 0 Å². The smallest absolute Gasteiger partial charge is 0.329 e. The van der Waals surface area contributed by atoms with E-state index in [2.05, 4.69) is 38.2 Å². The third-order valence-corrected chi connectivity index (χ3v) is 10.1. The Morgan fingerprint density at radius 3 is 1.18 bits per heavy atom. The molecule has 0 spiro atoms. The first-order chi connectivity index (χ1) is 25.2. The molecule has 0 aliphatic heterocycles. The summed E-state index contributed by atoms with van der Waals surface area (Å²) in [7, 11) is 0. The number of rotatable bonds is 42. The Morgan fingerprint density at radius 1 is 0.490 bits per heavy atom. The van der Waals surface area contributed by atoms with Crippen LogP contribution < -0.4 is 16.4 Å². The Hall–Kier alpha value is -1.05. The van der Waals surface area contributed by atoms with Gasteiger partial charge in [0.25, 0.3) is 0 Å². The van der Waals surface area contributed by atoms with Crippen molar-refractivity contribution in [3.05, 3.63) is 24.3 Å². The molecule has 51 heavy (non-hydrogen) atoms. The van der Waals surface area contributed by atoms with Gasteiger partial charge in [-0.2, -0.15) is 0 Å². The molecule has 6 heteroatoms. The van der Waals surface area contributed by atoms with E-state index < -0.39 is 6.04 Å². The summed E-state index contributed by atoms with van der Waals surface area (Å²) in [5, 5.41) is 0. The van der Waals surface area contributed by atoms with Gasteiger partial charge >= 0.3 is 5.91 Å². The summed E-state index contributed by atoms with van der Waals surface area (Å²) >= 11 is 0. The number of hydrogen-bond acceptors (Lipinski definition) is 5. The second-order valence-electron chi connectivity index (χ2n) is 15.1. The lowest BCUT2D eigenvalue weighted by atomic mass is 10.1. The molecule has 1 atom stereocenters. The van der Waals surface area contributed by atoms with Crippen molar-refractivity contribution in [3.8, 4) is 0 Å². The van der Waals surface area contributed by atoms with Crippen molar-refractivity contribution in [2.75, 3.05) is 46.1 Å². The minimum Gasteiger partial charge on any atom is -0.376 e. The number of allylic oxidation sites excluding steroid dienone is 4. The molecule has 0 heterocycles. The van der Waals surface area contributed by atoms with E-state index >= 15 is 0 Å². The first-order valence-electron chi connectivity index (χ1n) is 22.5. The number of carbonyl (C=O) groups is 1. The van der Waals surface area contributed by atoms with Crippen molar-refractivity contribution in [1.82, 2.24) is 0 Å². The van der Waals surface area contributed by atoms with Gasteiger partial charge in [0.1, 0.15) is 19.1 Å². The van der Waals surface area contributed by atoms with Gasteiger partial charge in [-0.15, -0.1) is 0 Å². The number of amides is 1. The molecule has 0 aromatic carbocycles. The van der Waals surface area contributed by atoms with Gasteiger partial charge in [-0.25, -0.2) is 4.79 Å². The SMILES string of the molecule is CCCCCCCC/C=C\CCCCCCCCOCC[NH+](CCOCCCCCCCC/C=C\CCCCCCCC)C(=O)[C@@H](N)CCCN. The largest absolute Gasteiger partial charge is 0.376 e. The van der Waals surface area contributed by atoms with Crippen LogP contribution >= 0.6 is 0 Å². The second-order valence-corrected chi connectivity index (χ2v) is 15.1. The molecular formula is C45H90N3O3+. The van der Waals surface area contributed by atoms with Crippen LogP contribution in [0.5, 0.6) is 0 Å². The van der Waals surface area contributed by atoms with Crippen molar-refractivity contribution in [2.45, 2.75) is 213 Å². The number of nitrogens with two attached hydrogens (primary N) is 2. The van der Waals surface area contributed by atoms with E-state index in [-0.39, 0.29) is 5.91 Å². The third kappa shape index (κ3) is 38.5. The van der Waals surface area contributed by atoms with Gasteiger partial charge in [-0.3, -0.25) is 4.90 Å². The molecule has 302 valence electrons. The van der Waals surface area contributed by atoms with Crippen LogP contribution in [-0.2, 0) is 14.3 Å². The van der Waals surface area contributed by atoms with E-state index in [4.69, 9.17) is 20.9 Å². The monoisotopic (exact) mass is 721 g/mol. The van der Waals surface area contributed by atoms with Gasteiger partial charge in [-0.1, -0.05) is 154 Å². The minimum atomic E-state index is -0.463. The number of ether oxygens (including phenoxy) is 2. The molecule has 0 rings (SSSR count). The highest BCUT2D eigenvalue weighted by atomic mass is 16.5. The van der Waals surface area contributed by atoms with Crippen molar-refractivity contribution in [3.63, 3.8) is 0 Å². The van der Waals surface area contributed by atoms with Gasteiger partial charge < -0.3 is 20.9 Å². The number of unbranched alkanes of at least 4 members (excludes halogenated alkanes) is 24. The predicted octanol–water partition coefficient (Wildman–Crippen LogP) is 10.6. The highest BCUT2D eigenvalue weighted by Gasteiger charge is 2.25. The molecule has 6 nitrogen and oxygen atoms in total. The maximum atomic E-state index is 13.1. The second kappa shape index (κ2) is 43.4. The number of quaternary nitrogens is 1. The van der Waals surface area contributed by atoms with E-state index in [1.807, 2.05) is 0 Å². The average molecular weight is 721 g/mol. The Morgan fingerprint density at radius 2 is 0.824 bits per heavy atom. The van der Waals surface area contributed by atoms with Crippen LogP contribution in [0.25, 0.3) is 0 Å². The quantitative estimate of drug-likeness (QED) is 0.0431. The summed E-state index contributed by atoms with van der Waals surface area (Å²) in [6.45, 7) is 9.15. The third-order valence-electron chi connectivity index (χ3n) is 10.1. The van der Waals surface area contributed by atoms with E-state index in [1.54, 1.807) is 0 Å². The standard InChI is InChI=1S/C45H89N3O3/c1-3-5-7-9-11-13-15-17-19-21-23-25-27-29-31-33-40-50-42-38-48(45(49)44(47)36-35-37-46)39-43-51-41-34-32-30-28-26-24-22-20-18-16-14-12-10-8-6-4-2/h17-20,44H,3-16,21-43,46-47H2,1-2H3/p+1/b19-17-,20-18-/t44-/m0/s1. The zero-order valence-electron chi connectivity index (χ0n) is 34.4. The van der Waals surface area contributed by atoms with Gasteiger partial charge in [0.05, 0.1) is 13.2 Å². The highest BCUT2D eigenvalue weighted by molar-refractivity contribution is 5.72. The lowest BCUT2D eigenvalue weighted by Crippen LogP contribution is -3.17. The fraction of sp³-hybridized carbons (Fsp3) is 0.889. The average Bonchev–Trinajstić information content (AvgIpc) is 3.14. The molecule has 1 amide bonds. The number of hydrogen-bond donors (Lipinski definition) is 3. The normalized spacial score (nSPS) is 12.6. The summed E-state index contributed by atoms with van der Waals surface area (Å²) in [4.78, 5) is 13.9. The molecule has 0 aliphatic rings. The van der Waals surface area contributed by atoms with Gasteiger partial charge in [0.15, 0.2) is 0 Å². The van der Waals surface area contributed by atoms with E-state index in [0.29, 0.717) is 39.3 Å². The van der Waals surface area contributed by atoms with Crippen LogP contribution in [0, 0.1) is 0 Å². The van der Waals surface area contributed by atoms with Crippen LogP contribution in [0.1, 0.15) is 206 Å². The minimum absolute atomic E-state index is 0.0742. The molecule has 0 aliphatic carbocycles. The molecule has 0 unspecified atom stereocenters. The fourth-order valence-electron chi connectivity index (χ4n) is 6.60. The highest BCUT2D eigenvalue weighted by Crippen LogP contribution is 2.11. The van der Waals surface area contributed by atoms with Gasteiger partial charge in [-0.05, 0) is 83.6 Å². The maximum absolute atomic E-state index is 13.1. The summed E-state index contributed by atoms with van der Waals surface area (Å²) in [5.74, 6) is 0.0742. The molecule has 0 saturated heterocycles. The molecule has 0 aromatic heterocycles. The van der Waals surface area contributed by atoms with Crippen molar-refractivity contribution in [1.29, 1.82) is 0 Å². The zero-order chi connectivity index (χ0) is 37.1. The molecule has 0 saturated carbocycles. The lowest BCUT2D eigenvalue weighted by Gasteiger charge is -2.20. The van der Waals surface area contributed by atoms with Crippen molar-refractivity contribution < 1.29 is 19.2 Å². The summed E-state index contributed by atoms with van der Waals surface area (Å²) in [6, 6.07) is -0.463. The fourth-order valence-corrected chi connectivity index (χ4v) is 6.60. The summed E-state index contributed by atoms with van der Waals surface area (Å²) in [5.41, 5.74) is 11.9. The molecule has 0 radical (unpaired) electrons. The van der Waals surface area contributed by atoms with Crippen LogP contribution in [0.2, 0.25) is 0 Å². The topological polar surface area (TPSA) is 92.0 Å². The first kappa shape index (κ1) is 49.9. The van der Waals surface area contributed by atoms with E-state index in [1.165, 1.54) is 167 Å². The Kier molecular flexibility index (Phi) is 42.5. The Labute approximate surface area is 318 Å². The van der Waals surface area contributed by atoms with Crippen molar-refractivity contribution in [2.24, 2.45) is 11.5 Å². The van der Waals surface area contributed by atoms with Crippen LogP contribution in [0.15, 0.2) is 24.3 Å². The predicted molar refractivity (Wildman–Crippen MR) is 223 cm³/mol. The molecular weight excluding hydrogens is 631 g/mol. The number of carbonyl (C=O) groups excluding carboxylic acids is 1. The molecule has 5 N–H and O–H groups in total. The first-order valence-corrected chi connectivity index (χ1v) is 22.5. The Bertz CT molecular complexity index is 696. The Balaban J connectivity index is 3.85. The molecule has 0 bridgehead atoms. The maximum Gasteiger partial charge on any atom is 0.329 e. The van der Waals surface area contributed by atoms with Crippen LogP contribution in [0.3, 0.4) is 0 Å². The van der Waals surface area contributed by atoms with E-state index in [0.717, 1.165) is 37.4 Å². The van der Waals surface area contributed by atoms with Crippen LogP contribution in [0.4, 0.5) is 0 Å². The molecule has 0 aromatic rings. The molecule has 0 fully saturated rings. The summed E-state index contributed by atoms with van der Waals surface area (Å²) in [6.07, 6.45) is 47.7.